The normalized spacial score (nSPS) is 13.1. The van der Waals surface area contributed by atoms with E-state index in [0.717, 1.165) is 0 Å². The largest absolute Gasteiger partial charge is 0.380 e. The Morgan fingerprint density at radius 1 is 1.56 bits per heavy atom. The van der Waals surface area contributed by atoms with Crippen molar-refractivity contribution in [3.63, 3.8) is 0 Å². The SMILES string of the molecule is CCOCC(C)n1c(N)nc2cc(I)c(F)cc21. The Morgan fingerprint density at radius 2 is 2.28 bits per heavy atom. The minimum Gasteiger partial charge on any atom is -0.380 e. The fourth-order valence-electron chi connectivity index (χ4n) is 1.94. The summed E-state index contributed by atoms with van der Waals surface area (Å²) in [5.41, 5.74) is 7.31. The Labute approximate surface area is 118 Å². The van der Waals surface area contributed by atoms with E-state index < -0.39 is 0 Å². The fourth-order valence-corrected chi connectivity index (χ4v) is 2.39. The van der Waals surface area contributed by atoms with E-state index >= 15 is 0 Å². The van der Waals surface area contributed by atoms with Crippen LogP contribution in [0.2, 0.25) is 0 Å². The van der Waals surface area contributed by atoms with Crippen molar-refractivity contribution in [1.82, 2.24) is 9.55 Å². The van der Waals surface area contributed by atoms with Gasteiger partial charge in [0.25, 0.3) is 0 Å². The summed E-state index contributed by atoms with van der Waals surface area (Å²) in [6, 6.07) is 3.20. The molecule has 0 aliphatic rings. The van der Waals surface area contributed by atoms with Gasteiger partial charge in [-0.25, -0.2) is 9.37 Å². The van der Waals surface area contributed by atoms with Crippen LogP contribution in [0.3, 0.4) is 0 Å². The van der Waals surface area contributed by atoms with Crippen LogP contribution in [0.5, 0.6) is 0 Å². The van der Waals surface area contributed by atoms with Gasteiger partial charge in [0.1, 0.15) is 5.82 Å². The van der Waals surface area contributed by atoms with Crippen molar-refractivity contribution in [2.45, 2.75) is 19.9 Å². The second kappa shape index (κ2) is 5.40. The molecule has 0 amide bonds. The number of hydrogen-bond donors (Lipinski definition) is 1. The molecule has 0 aliphatic carbocycles. The summed E-state index contributed by atoms with van der Waals surface area (Å²) in [5, 5.41) is 0. The molecular weight excluding hydrogens is 348 g/mol. The third kappa shape index (κ3) is 2.44. The van der Waals surface area contributed by atoms with Gasteiger partial charge in [-0.05, 0) is 42.5 Å². The minimum absolute atomic E-state index is 0.0226. The van der Waals surface area contributed by atoms with Crippen molar-refractivity contribution in [2.75, 3.05) is 18.9 Å². The van der Waals surface area contributed by atoms with E-state index in [1.54, 1.807) is 6.07 Å². The third-order valence-electron chi connectivity index (χ3n) is 2.76. The predicted octanol–water partition coefficient (Wildman–Crippen LogP) is 2.96. The maximum atomic E-state index is 13.6. The number of nitrogens with two attached hydrogens (primary N) is 1. The Kier molecular flexibility index (Phi) is 4.06. The molecule has 18 heavy (non-hydrogen) atoms. The number of halogens is 2. The van der Waals surface area contributed by atoms with Gasteiger partial charge in [-0.1, -0.05) is 0 Å². The lowest BCUT2D eigenvalue weighted by Gasteiger charge is -2.15. The number of fused-ring (bicyclic) bond motifs is 1. The molecule has 2 aromatic rings. The van der Waals surface area contributed by atoms with Gasteiger partial charge in [0, 0.05) is 12.7 Å². The van der Waals surface area contributed by atoms with Crippen LogP contribution in [0.25, 0.3) is 11.0 Å². The molecule has 4 nitrogen and oxygen atoms in total. The van der Waals surface area contributed by atoms with E-state index in [4.69, 9.17) is 10.5 Å². The van der Waals surface area contributed by atoms with Crippen LogP contribution < -0.4 is 5.73 Å². The van der Waals surface area contributed by atoms with Crippen LogP contribution in [-0.2, 0) is 4.74 Å². The molecule has 2 rings (SSSR count). The van der Waals surface area contributed by atoms with Crippen molar-refractivity contribution < 1.29 is 9.13 Å². The zero-order chi connectivity index (χ0) is 13.3. The molecule has 1 aromatic heterocycles. The van der Waals surface area contributed by atoms with Crippen LogP contribution in [-0.4, -0.2) is 22.8 Å². The van der Waals surface area contributed by atoms with Crippen LogP contribution in [0, 0.1) is 9.39 Å². The summed E-state index contributed by atoms with van der Waals surface area (Å²) in [4.78, 5) is 4.26. The van der Waals surface area contributed by atoms with Crippen LogP contribution in [0.15, 0.2) is 12.1 Å². The van der Waals surface area contributed by atoms with Crippen molar-refractivity contribution in [3.8, 4) is 0 Å². The first kappa shape index (κ1) is 13.5. The highest BCUT2D eigenvalue weighted by molar-refractivity contribution is 14.1. The fraction of sp³-hybridized carbons (Fsp3) is 0.417. The first-order valence-corrected chi connectivity index (χ1v) is 6.82. The summed E-state index contributed by atoms with van der Waals surface area (Å²) in [7, 11) is 0. The van der Waals surface area contributed by atoms with Crippen molar-refractivity contribution in [2.24, 2.45) is 0 Å². The average molecular weight is 363 g/mol. The number of imidazole rings is 1. The molecule has 6 heteroatoms. The van der Waals surface area contributed by atoms with E-state index in [1.165, 1.54) is 6.07 Å². The van der Waals surface area contributed by atoms with Crippen molar-refractivity contribution >= 4 is 39.6 Å². The van der Waals surface area contributed by atoms with E-state index in [2.05, 4.69) is 4.98 Å². The standard InChI is InChI=1S/C12H15FIN3O/c1-3-18-6-7(2)17-11-4-8(13)9(14)5-10(11)16-12(17)15/h4-5,7H,3,6H2,1-2H3,(H2,15,16). The molecule has 0 saturated heterocycles. The molecule has 0 saturated carbocycles. The molecule has 2 N–H and O–H groups in total. The highest BCUT2D eigenvalue weighted by Gasteiger charge is 2.16. The van der Waals surface area contributed by atoms with Gasteiger partial charge in [-0.3, -0.25) is 0 Å². The van der Waals surface area contributed by atoms with Gasteiger partial charge >= 0.3 is 0 Å². The van der Waals surface area contributed by atoms with E-state index in [0.29, 0.717) is 33.8 Å². The minimum atomic E-state index is -0.257. The number of anilines is 1. The molecule has 0 aliphatic heterocycles. The summed E-state index contributed by atoms with van der Waals surface area (Å²) in [5.74, 6) is 0.131. The highest BCUT2D eigenvalue weighted by Crippen LogP contribution is 2.26. The zero-order valence-electron chi connectivity index (χ0n) is 10.3. The molecule has 1 heterocycles. The van der Waals surface area contributed by atoms with Gasteiger partial charge in [0.05, 0.1) is 27.3 Å². The maximum Gasteiger partial charge on any atom is 0.201 e. The van der Waals surface area contributed by atoms with Gasteiger partial charge < -0.3 is 15.0 Å². The lowest BCUT2D eigenvalue weighted by Crippen LogP contribution is -2.14. The van der Waals surface area contributed by atoms with E-state index in [1.807, 2.05) is 41.0 Å². The molecule has 0 fully saturated rings. The number of aromatic nitrogens is 2. The third-order valence-corrected chi connectivity index (χ3v) is 3.59. The summed E-state index contributed by atoms with van der Waals surface area (Å²) >= 11 is 1.94. The van der Waals surface area contributed by atoms with Gasteiger partial charge in [-0.15, -0.1) is 0 Å². The average Bonchev–Trinajstić information content (AvgIpc) is 2.62. The Hall–Kier alpha value is -0.890. The second-order valence-corrected chi connectivity index (χ2v) is 5.27. The van der Waals surface area contributed by atoms with Crippen LogP contribution in [0.4, 0.5) is 10.3 Å². The molecule has 0 radical (unpaired) electrons. The summed E-state index contributed by atoms with van der Waals surface area (Å²) < 4.78 is 21.4. The van der Waals surface area contributed by atoms with Crippen LogP contribution in [0.1, 0.15) is 19.9 Å². The zero-order valence-corrected chi connectivity index (χ0v) is 12.4. The van der Waals surface area contributed by atoms with Gasteiger partial charge in [0.2, 0.25) is 5.95 Å². The Balaban J connectivity index is 2.49. The number of rotatable bonds is 4. The first-order valence-electron chi connectivity index (χ1n) is 5.74. The molecule has 0 bridgehead atoms. The smallest absolute Gasteiger partial charge is 0.201 e. The summed E-state index contributed by atoms with van der Waals surface area (Å²) in [6.07, 6.45) is 0. The molecule has 98 valence electrons. The van der Waals surface area contributed by atoms with Gasteiger partial charge in [0.15, 0.2) is 0 Å². The monoisotopic (exact) mass is 363 g/mol. The summed E-state index contributed by atoms with van der Waals surface area (Å²) in [6.45, 7) is 5.08. The molecule has 0 spiro atoms. The molecule has 1 aromatic carbocycles. The molecule has 1 atom stereocenters. The van der Waals surface area contributed by atoms with Crippen molar-refractivity contribution in [3.05, 3.63) is 21.5 Å². The lowest BCUT2D eigenvalue weighted by molar-refractivity contribution is 0.120. The quantitative estimate of drug-likeness (QED) is 0.850. The number of ether oxygens (including phenoxy) is 1. The van der Waals surface area contributed by atoms with E-state index in [-0.39, 0.29) is 11.9 Å². The number of hydrogen-bond acceptors (Lipinski definition) is 3. The number of nitrogen functional groups attached to an aromatic ring is 1. The second-order valence-electron chi connectivity index (χ2n) is 4.10. The number of benzene rings is 1. The Morgan fingerprint density at radius 3 is 2.94 bits per heavy atom. The Bertz CT molecular complexity index is 570. The first-order chi connectivity index (χ1) is 8.54. The topological polar surface area (TPSA) is 53.1 Å². The maximum absolute atomic E-state index is 13.6. The van der Waals surface area contributed by atoms with Crippen LogP contribution >= 0.6 is 22.6 Å². The number of nitrogens with zero attached hydrogens (tertiary/aromatic N) is 2. The lowest BCUT2D eigenvalue weighted by atomic mass is 10.3. The van der Waals surface area contributed by atoms with Crippen molar-refractivity contribution in [1.29, 1.82) is 0 Å². The molecule has 1 unspecified atom stereocenters. The molecular formula is C12H15FIN3O. The van der Waals surface area contributed by atoms with E-state index in [9.17, 15) is 4.39 Å². The highest BCUT2D eigenvalue weighted by atomic mass is 127. The predicted molar refractivity (Wildman–Crippen MR) is 78.0 cm³/mol. The van der Waals surface area contributed by atoms with Gasteiger partial charge in [-0.2, -0.15) is 0 Å².